The molecular weight excluding hydrogens is 264 g/mol. The summed E-state index contributed by atoms with van der Waals surface area (Å²) in [6.07, 6.45) is -4.38. The summed E-state index contributed by atoms with van der Waals surface area (Å²) in [5.41, 5.74) is 1.81. The van der Waals surface area contributed by atoms with Crippen molar-refractivity contribution in [2.75, 3.05) is 6.61 Å². The minimum Gasteiger partial charge on any atom is -0.455 e. The van der Waals surface area contributed by atoms with Gasteiger partial charge in [-0.1, -0.05) is 29.8 Å². The second-order valence-corrected chi connectivity index (χ2v) is 5.05. The van der Waals surface area contributed by atoms with Crippen molar-refractivity contribution in [2.45, 2.75) is 37.6 Å². The van der Waals surface area contributed by atoms with Gasteiger partial charge in [-0.25, -0.2) is 4.79 Å². The summed E-state index contributed by atoms with van der Waals surface area (Å²) < 4.78 is 16.3. The molecule has 0 saturated carbocycles. The van der Waals surface area contributed by atoms with Gasteiger partial charge in [-0.05, 0) is 6.92 Å². The van der Waals surface area contributed by atoms with Crippen molar-refractivity contribution in [1.29, 1.82) is 0 Å². The first kappa shape index (κ1) is 13.5. The monoisotopic (exact) mass is 280 g/mol. The van der Waals surface area contributed by atoms with Crippen LogP contribution >= 0.6 is 0 Å². The fraction of sp³-hybridized carbons (Fsp3) is 0.500. The standard InChI is InChI=1S/C14H16O6/c1-7-3-2-4-8(5-7)14-18-9(6-15)11-12(20-14)10(16)13(17)19-11/h2-5,9-12,14-16H,6H2,1H3/t9-,10-,11+,12+,14?/m0/s1. The molecule has 0 aliphatic carbocycles. The lowest BCUT2D eigenvalue weighted by atomic mass is 10.0. The first-order valence-electron chi connectivity index (χ1n) is 6.47. The molecule has 2 N–H and O–H groups in total. The number of hydrogen-bond donors (Lipinski definition) is 2. The van der Waals surface area contributed by atoms with Gasteiger partial charge in [-0.15, -0.1) is 0 Å². The topological polar surface area (TPSA) is 85.2 Å². The van der Waals surface area contributed by atoms with Crippen LogP contribution in [0.3, 0.4) is 0 Å². The van der Waals surface area contributed by atoms with Crippen molar-refractivity contribution in [3.05, 3.63) is 35.4 Å². The lowest BCUT2D eigenvalue weighted by molar-refractivity contribution is -0.288. The summed E-state index contributed by atoms with van der Waals surface area (Å²) in [6, 6.07) is 7.53. The quantitative estimate of drug-likeness (QED) is 0.745. The van der Waals surface area contributed by atoms with E-state index in [4.69, 9.17) is 14.2 Å². The number of aliphatic hydroxyl groups is 2. The van der Waals surface area contributed by atoms with Crippen molar-refractivity contribution < 1.29 is 29.2 Å². The zero-order chi connectivity index (χ0) is 14.3. The van der Waals surface area contributed by atoms with E-state index in [1.165, 1.54) is 0 Å². The van der Waals surface area contributed by atoms with Gasteiger partial charge in [0.25, 0.3) is 0 Å². The minimum absolute atomic E-state index is 0.313. The van der Waals surface area contributed by atoms with Gasteiger partial charge in [0.2, 0.25) is 0 Å². The zero-order valence-corrected chi connectivity index (χ0v) is 10.9. The molecule has 2 heterocycles. The lowest BCUT2D eigenvalue weighted by Crippen LogP contribution is -2.49. The summed E-state index contributed by atoms with van der Waals surface area (Å²) >= 11 is 0. The molecule has 108 valence electrons. The average Bonchev–Trinajstić information content (AvgIpc) is 2.74. The Balaban J connectivity index is 1.87. The number of hydrogen-bond acceptors (Lipinski definition) is 6. The van der Waals surface area contributed by atoms with Crippen molar-refractivity contribution in [1.82, 2.24) is 0 Å². The molecule has 6 heteroatoms. The molecule has 5 atom stereocenters. The summed E-state index contributed by atoms with van der Waals surface area (Å²) in [4.78, 5) is 11.4. The predicted molar refractivity (Wildman–Crippen MR) is 66.6 cm³/mol. The molecule has 0 spiro atoms. The molecule has 1 unspecified atom stereocenters. The first-order valence-corrected chi connectivity index (χ1v) is 6.47. The van der Waals surface area contributed by atoms with Gasteiger partial charge in [-0.3, -0.25) is 0 Å². The number of fused-ring (bicyclic) bond motifs is 1. The summed E-state index contributed by atoms with van der Waals surface area (Å²) in [6.45, 7) is 1.63. The highest BCUT2D eigenvalue weighted by atomic mass is 16.7. The second kappa shape index (κ2) is 5.14. The summed E-state index contributed by atoms with van der Waals surface area (Å²) in [5, 5.41) is 19.2. The molecule has 1 aromatic carbocycles. The molecule has 1 aromatic rings. The molecule has 2 fully saturated rings. The van der Waals surface area contributed by atoms with E-state index >= 15 is 0 Å². The Hall–Kier alpha value is -1.47. The molecule has 2 aliphatic heterocycles. The number of carbonyl (C=O) groups is 1. The molecule has 2 aliphatic rings. The van der Waals surface area contributed by atoms with Crippen LogP contribution < -0.4 is 0 Å². The summed E-state index contributed by atoms with van der Waals surface area (Å²) in [7, 11) is 0. The number of benzene rings is 1. The van der Waals surface area contributed by atoms with Crippen LogP contribution in [0.2, 0.25) is 0 Å². The molecule has 20 heavy (non-hydrogen) atoms. The molecule has 0 aromatic heterocycles. The Kier molecular flexibility index (Phi) is 3.47. The fourth-order valence-electron chi connectivity index (χ4n) is 2.56. The molecule has 0 radical (unpaired) electrons. The molecule has 0 bridgehead atoms. The maximum atomic E-state index is 11.4. The largest absolute Gasteiger partial charge is 0.455 e. The van der Waals surface area contributed by atoms with Crippen LogP contribution in [0.1, 0.15) is 17.4 Å². The van der Waals surface area contributed by atoms with E-state index in [-0.39, 0.29) is 6.61 Å². The highest BCUT2D eigenvalue weighted by Crippen LogP contribution is 2.36. The Morgan fingerprint density at radius 2 is 2.05 bits per heavy atom. The molecule has 2 saturated heterocycles. The zero-order valence-electron chi connectivity index (χ0n) is 10.9. The molecule has 6 nitrogen and oxygen atoms in total. The van der Waals surface area contributed by atoms with Gasteiger partial charge in [0, 0.05) is 5.56 Å². The van der Waals surface area contributed by atoms with Gasteiger partial charge in [0.15, 0.2) is 18.5 Å². The first-order chi connectivity index (χ1) is 9.60. The van der Waals surface area contributed by atoms with Crippen LogP contribution in [0.15, 0.2) is 24.3 Å². The van der Waals surface area contributed by atoms with Crippen molar-refractivity contribution in [2.24, 2.45) is 0 Å². The van der Waals surface area contributed by atoms with Crippen molar-refractivity contribution in [3.63, 3.8) is 0 Å². The van der Waals surface area contributed by atoms with Gasteiger partial charge in [0.05, 0.1) is 6.61 Å². The SMILES string of the molecule is Cc1cccc(C2O[C@H]3[C@H](OC(=O)[C@H]3O)[C@H](CO)O2)c1. The number of aliphatic hydroxyl groups excluding tert-OH is 2. The number of esters is 1. The third-order valence-electron chi connectivity index (χ3n) is 3.57. The highest BCUT2D eigenvalue weighted by molar-refractivity contribution is 5.78. The maximum absolute atomic E-state index is 11.4. The Labute approximate surface area is 115 Å². The van der Waals surface area contributed by atoms with Gasteiger partial charge < -0.3 is 24.4 Å². The van der Waals surface area contributed by atoms with Crippen molar-refractivity contribution >= 4 is 5.97 Å². The number of ether oxygens (including phenoxy) is 3. The molecular formula is C14H16O6. The maximum Gasteiger partial charge on any atom is 0.338 e. The smallest absolute Gasteiger partial charge is 0.338 e. The third kappa shape index (κ3) is 2.20. The third-order valence-corrected chi connectivity index (χ3v) is 3.57. The normalized spacial score (nSPS) is 36.5. The fourth-order valence-corrected chi connectivity index (χ4v) is 2.56. The van der Waals surface area contributed by atoms with Crippen LogP contribution in [0.5, 0.6) is 0 Å². The van der Waals surface area contributed by atoms with Crippen molar-refractivity contribution in [3.8, 4) is 0 Å². The van der Waals surface area contributed by atoms with Gasteiger partial charge in [-0.2, -0.15) is 0 Å². The second-order valence-electron chi connectivity index (χ2n) is 5.05. The molecule has 3 rings (SSSR count). The van der Waals surface area contributed by atoms with Crippen LogP contribution in [0.4, 0.5) is 0 Å². The van der Waals surface area contributed by atoms with E-state index in [0.717, 1.165) is 11.1 Å². The van der Waals surface area contributed by atoms with Gasteiger partial charge >= 0.3 is 5.97 Å². The average molecular weight is 280 g/mol. The van der Waals surface area contributed by atoms with Crippen LogP contribution in [0.25, 0.3) is 0 Å². The van der Waals surface area contributed by atoms with Gasteiger partial charge in [0.1, 0.15) is 12.2 Å². The predicted octanol–water partition coefficient (Wildman–Crippen LogP) is 0.0562. The Morgan fingerprint density at radius 1 is 1.25 bits per heavy atom. The highest BCUT2D eigenvalue weighted by Gasteiger charge is 2.53. The Morgan fingerprint density at radius 3 is 2.75 bits per heavy atom. The number of rotatable bonds is 2. The van der Waals surface area contributed by atoms with E-state index in [2.05, 4.69) is 0 Å². The van der Waals surface area contributed by atoms with E-state index < -0.39 is 36.7 Å². The van der Waals surface area contributed by atoms with E-state index in [9.17, 15) is 15.0 Å². The molecule has 0 amide bonds. The van der Waals surface area contributed by atoms with Crippen LogP contribution in [-0.2, 0) is 19.0 Å². The van der Waals surface area contributed by atoms with E-state index in [0.29, 0.717) is 0 Å². The van der Waals surface area contributed by atoms with E-state index in [1.807, 2.05) is 31.2 Å². The van der Waals surface area contributed by atoms with Crippen LogP contribution in [-0.4, -0.2) is 47.2 Å². The van der Waals surface area contributed by atoms with Crippen LogP contribution in [0, 0.1) is 6.92 Å². The number of carbonyl (C=O) groups excluding carboxylic acids is 1. The summed E-state index contributed by atoms with van der Waals surface area (Å²) in [5.74, 6) is -0.744. The van der Waals surface area contributed by atoms with E-state index in [1.54, 1.807) is 0 Å². The minimum atomic E-state index is -1.34. The Bertz CT molecular complexity index is 516. The number of aryl methyl sites for hydroxylation is 1. The lowest BCUT2D eigenvalue weighted by Gasteiger charge is -2.37.